The molecule has 1 amide bonds. The molecule has 7 heteroatoms. The molecule has 1 aromatic carbocycles. The summed E-state index contributed by atoms with van der Waals surface area (Å²) >= 11 is 6.22. The summed E-state index contributed by atoms with van der Waals surface area (Å²) in [5.74, 6) is 1.44. The van der Waals surface area contributed by atoms with Crippen molar-refractivity contribution in [2.75, 3.05) is 11.4 Å². The Labute approximate surface area is 156 Å². The first kappa shape index (κ1) is 16.7. The fraction of sp³-hybridized carbons (Fsp3) is 0.263. The van der Waals surface area contributed by atoms with Crippen molar-refractivity contribution in [1.29, 1.82) is 0 Å². The quantitative estimate of drug-likeness (QED) is 0.657. The van der Waals surface area contributed by atoms with Gasteiger partial charge in [0, 0.05) is 30.1 Å². The molecular weight excluding hydrogens is 350 g/mol. The largest absolute Gasteiger partial charge is 0.310 e. The molecule has 26 heavy (non-hydrogen) atoms. The van der Waals surface area contributed by atoms with Crippen LogP contribution in [-0.2, 0) is 4.79 Å². The van der Waals surface area contributed by atoms with Crippen LogP contribution in [0.3, 0.4) is 0 Å². The highest BCUT2D eigenvalue weighted by atomic mass is 35.5. The lowest BCUT2D eigenvalue weighted by Crippen LogP contribution is -2.31. The lowest BCUT2D eigenvalue weighted by Gasteiger charge is -2.23. The van der Waals surface area contributed by atoms with Gasteiger partial charge < -0.3 is 4.90 Å². The van der Waals surface area contributed by atoms with Gasteiger partial charge in [0.1, 0.15) is 11.5 Å². The summed E-state index contributed by atoms with van der Waals surface area (Å²) < 4.78 is 1.99. The molecule has 0 bridgehead atoms. The van der Waals surface area contributed by atoms with Crippen LogP contribution in [0.4, 0.5) is 5.69 Å². The van der Waals surface area contributed by atoms with Crippen molar-refractivity contribution in [3.05, 3.63) is 52.9 Å². The van der Waals surface area contributed by atoms with Crippen LogP contribution in [0.1, 0.15) is 31.3 Å². The van der Waals surface area contributed by atoms with Crippen molar-refractivity contribution in [2.45, 2.75) is 26.7 Å². The molecule has 1 unspecified atom stereocenters. The molecule has 6 nitrogen and oxygen atoms in total. The second kappa shape index (κ2) is 6.21. The zero-order chi connectivity index (χ0) is 18.4. The van der Waals surface area contributed by atoms with E-state index in [1.807, 2.05) is 54.8 Å². The average molecular weight is 368 g/mol. The number of rotatable bonds is 1. The highest BCUT2D eigenvalue weighted by Crippen LogP contribution is 2.37. The number of amides is 1. The average Bonchev–Trinajstić information content (AvgIpc) is 2.99. The van der Waals surface area contributed by atoms with Crippen molar-refractivity contribution in [3.63, 3.8) is 0 Å². The van der Waals surface area contributed by atoms with Gasteiger partial charge in [-0.2, -0.15) is 0 Å². The summed E-state index contributed by atoms with van der Waals surface area (Å²) in [4.78, 5) is 18.6. The molecule has 0 saturated heterocycles. The number of benzene rings is 1. The number of hydrogen-bond donors (Lipinski definition) is 0. The molecule has 0 aliphatic carbocycles. The maximum Gasteiger partial charge on any atom is 0.223 e. The number of anilines is 1. The van der Waals surface area contributed by atoms with Crippen LogP contribution in [0.15, 0.2) is 36.4 Å². The fourth-order valence-electron chi connectivity index (χ4n) is 3.34. The molecule has 0 saturated carbocycles. The van der Waals surface area contributed by atoms with Gasteiger partial charge in [0.25, 0.3) is 0 Å². The Morgan fingerprint density at radius 3 is 2.73 bits per heavy atom. The Bertz CT molecular complexity index is 1010. The molecule has 0 spiro atoms. The topological polar surface area (TPSA) is 63.9 Å². The summed E-state index contributed by atoms with van der Waals surface area (Å²) in [7, 11) is 0. The zero-order valence-corrected chi connectivity index (χ0v) is 15.5. The third-order valence-electron chi connectivity index (χ3n) is 4.55. The van der Waals surface area contributed by atoms with E-state index >= 15 is 0 Å². The minimum absolute atomic E-state index is 0.0103. The summed E-state index contributed by atoms with van der Waals surface area (Å²) in [6, 6.07) is 11.3. The number of halogens is 1. The number of carbonyl (C=O) groups is 1. The SMILES string of the molecule is CC(=O)N1CC(C)c2nnc(-c3cccc(C)n3)n2-c2ccc(Cl)cc21. The standard InChI is InChI=1S/C19H18ClN5O/c1-11-10-24(13(3)26)17-9-14(20)7-8-16(17)25-18(11)22-23-19(25)15-6-4-5-12(2)21-15/h4-9,11H,10H2,1-3H3. The number of aryl methyl sites for hydroxylation is 1. The first-order valence-electron chi connectivity index (χ1n) is 8.43. The molecule has 4 rings (SSSR count). The van der Waals surface area contributed by atoms with E-state index in [1.54, 1.807) is 11.8 Å². The number of fused-ring (bicyclic) bond motifs is 3. The molecule has 1 aliphatic heterocycles. The van der Waals surface area contributed by atoms with E-state index in [0.29, 0.717) is 17.4 Å². The monoisotopic (exact) mass is 367 g/mol. The van der Waals surface area contributed by atoms with E-state index in [2.05, 4.69) is 15.2 Å². The van der Waals surface area contributed by atoms with Crippen LogP contribution in [0.5, 0.6) is 0 Å². The van der Waals surface area contributed by atoms with Gasteiger partial charge in [-0.1, -0.05) is 24.6 Å². The molecule has 132 valence electrons. The van der Waals surface area contributed by atoms with Gasteiger partial charge in [-0.15, -0.1) is 10.2 Å². The lowest BCUT2D eigenvalue weighted by molar-refractivity contribution is -0.116. The third kappa shape index (κ3) is 2.66. The Hall–Kier alpha value is -2.73. The van der Waals surface area contributed by atoms with Crippen molar-refractivity contribution in [1.82, 2.24) is 19.7 Å². The van der Waals surface area contributed by atoms with Crippen molar-refractivity contribution in [2.24, 2.45) is 0 Å². The molecule has 1 aliphatic rings. The van der Waals surface area contributed by atoms with Crippen molar-refractivity contribution < 1.29 is 4.79 Å². The maximum absolute atomic E-state index is 12.3. The molecule has 0 radical (unpaired) electrons. The summed E-state index contributed by atoms with van der Waals surface area (Å²) in [5.41, 5.74) is 3.23. The number of hydrogen-bond acceptors (Lipinski definition) is 4. The number of carbonyl (C=O) groups excluding carboxylic acids is 1. The molecular formula is C19H18ClN5O. The molecule has 3 aromatic rings. The first-order chi connectivity index (χ1) is 12.5. The third-order valence-corrected chi connectivity index (χ3v) is 4.79. The predicted molar refractivity (Wildman–Crippen MR) is 101 cm³/mol. The van der Waals surface area contributed by atoms with E-state index in [0.717, 1.165) is 28.6 Å². The van der Waals surface area contributed by atoms with Gasteiger partial charge in [-0.05, 0) is 37.3 Å². The van der Waals surface area contributed by atoms with Crippen LogP contribution in [0.2, 0.25) is 5.02 Å². The van der Waals surface area contributed by atoms with Gasteiger partial charge in [-0.3, -0.25) is 9.36 Å². The van der Waals surface area contributed by atoms with Gasteiger partial charge in [0.15, 0.2) is 5.82 Å². The second-order valence-corrected chi connectivity index (χ2v) is 6.98. The summed E-state index contributed by atoms with van der Waals surface area (Å²) in [5, 5.41) is 9.41. The molecule has 1 atom stereocenters. The van der Waals surface area contributed by atoms with Crippen LogP contribution in [0, 0.1) is 6.92 Å². The van der Waals surface area contributed by atoms with Gasteiger partial charge >= 0.3 is 0 Å². The first-order valence-corrected chi connectivity index (χ1v) is 8.81. The smallest absolute Gasteiger partial charge is 0.223 e. The van der Waals surface area contributed by atoms with E-state index in [9.17, 15) is 4.79 Å². The Morgan fingerprint density at radius 2 is 2.00 bits per heavy atom. The molecule has 0 N–H and O–H groups in total. The van der Waals surface area contributed by atoms with Crippen LogP contribution >= 0.6 is 11.6 Å². The van der Waals surface area contributed by atoms with Gasteiger partial charge in [0.2, 0.25) is 5.91 Å². The maximum atomic E-state index is 12.3. The Morgan fingerprint density at radius 1 is 1.19 bits per heavy atom. The molecule has 2 aromatic heterocycles. The Kier molecular flexibility index (Phi) is 4.00. The van der Waals surface area contributed by atoms with E-state index in [1.165, 1.54) is 0 Å². The highest BCUT2D eigenvalue weighted by molar-refractivity contribution is 6.31. The minimum atomic E-state index is -0.0330. The van der Waals surface area contributed by atoms with Gasteiger partial charge in [-0.25, -0.2) is 4.98 Å². The summed E-state index contributed by atoms with van der Waals surface area (Å²) in [6.45, 7) is 6.06. The van der Waals surface area contributed by atoms with E-state index in [-0.39, 0.29) is 11.8 Å². The predicted octanol–water partition coefficient (Wildman–Crippen LogP) is 3.76. The van der Waals surface area contributed by atoms with Crippen molar-refractivity contribution >= 4 is 23.2 Å². The molecule has 0 fully saturated rings. The van der Waals surface area contributed by atoms with Crippen LogP contribution in [-0.4, -0.2) is 32.2 Å². The molecule has 3 heterocycles. The van der Waals surface area contributed by atoms with Crippen molar-refractivity contribution in [3.8, 4) is 17.2 Å². The van der Waals surface area contributed by atoms with Crippen LogP contribution < -0.4 is 4.90 Å². The lowest BCUT2D eigenvalue weighted by atomic mass is 10.1. The Balaban J connectivity index is 2.01. The second-order valence-electron chi connectivity index (χ2n) is 6.55. The van der Waals surface area contributed by atoms with E-state index < -0.39 is 0 Å². The summed E-state index contributed by atoms with van der Waals surface area (Å²) in [6.07, 6.45) is 0. The number of pyridine rings is 1. The highest BCUT2D eigenvalue weighted by Gasteiger charge is 2.30. The zero-order valence-electron chi connectivity index (χ0n) is 14.8. The minimum Gasteiger partial charge on any atom is -0.310 e. The van der Waals surface area contributed by atoms with Gasteiger partial charge in [0.05, 0.1) is 11.4 Å². The normalized spacial score (nSPS) is 16.0. The van der Waals surface area contributed by atoms with Crippen LogP contribution in [0.25, 0.3) is 17.2 Å². The number of aromatic nitrogens is 4. The number of nitrogens with zero attached hydrogens (tertiary/aromatic N) is 5. The fourth-order valence-corrected chi connectivity index (χ4v) is 3.51. The van der Waals surface area contributed by atoms with E-state index in [4.69, 9.17) is 11.6 Å².